The van der Waals surface area contributed by atoms with E-state index < -0.39 is 11.5 Å². The number of aromatic nitrogens is 2. The molecule has 0 bridgehead atoms. The third-order valence-electron chi connectivity index (χ3n) is 6.15. The number of pyridine rings is 1. The number of hydrogen-bond donors (Lipinski definition) is 2. The molecule has 30 heavy (non-hydrogen) atoms. The number of nitrogens with one attached hydrogen (secondary N) is 1. The number of fused-ring (bicyclic) bond motifs is 2. The normalized spacial score (nSPS) is 19.9. The monoisotopic (exact) mass is 404 g/mol. The highest BCUT2D eigenvalue weighted by molar-refractivity contribution is 5.86. The van der Waals surface area contributed by atoms with Gasteiger partial charge in [0.2, 0.25) is 0 Å². The van der Waals surface area contributed by atoms with Crippen molar-refractivity contribution in [1.82, 2.24) is 19.8 Å². The van der Waals surface area contributed by atoms with Crippen molar-refractivity contribution in [3.63, 3.8) is 0 Å². The summed E-state index contributed by atoms with van der Waals surface area (Å²) in [5.74, 6) is -0.468. The summed E-state index contributed by atoms with van der Waals surface area (Å²) in [4.78, 5) is 18.3. The number of benzene rings is 2. The molecule has 0 saturated carbocycles. The van der Waals surface area contributed by atoms with Gasteiger partial charge in [-0.2, -0.15) is 0 Å². The van der Waals surface area contributed by atoms with Crippen molar-refractivity contribution in [2.75, 3.05) is 19.6 Å². The van der Waals surface area contributed by atoms with Crippen LogP contribution in [0.4, 0.5) is 0 Å². The van der Waals surface area contributed by atoms with Crippen LogP contribution < -0.4 is 11.1 Å². The Balaban J connectivity index is 1.60. The molecule has 2 aromatic carbocycles. The fourth-order valence-corrected chi connectivity index (χ4v) is 4.48. The quantitative estimate of drug-likeness (QED) is 0.546. The molecule has 2 N–H and O–H groups in total. The molecule has 1 saturated heterocycles. The highest BCUT2D eigenvalue weighted by Gasteiger charge is 2.39. The lowest BCUT2D eigenvalue weighted by Crippen LogP contribution is -2.54. The molecule has 7 nitrogen and oxygen atoms in total. The zero-order chi connectivity index (χ0) is 20.9. The minimum Gasteiger partial charge on any atom is -0.406 e. The van der Waals surface area contributed by atoms with Crippen molar-refractivity contribution in [2.45, 2.75) is 18.7 Å². The largest absolute Gasteiger partial charge is 0.420 e. The molecule has 0 aliphatic carbocycles. The van der Waals surface area contributed by atoms with Crippen LogP contribution in [0.5, 0.6) is 0 Å². The first-order valence-corrected chi connectivity index (χ1v) is 10.1. The van der Waals surface area contributed by atoms with Crippen LogP contribution in [0.2, 0.25) is 0 Å². The van der Waals surface area contributed by atoms with E-state index in [-0.39, 0.29) is 6.04 Å². The van der Waals surface area contributed by atoms with Crippen molar-refractivity contribution in [2.24, 2.45) is 7.05 Å². The van der Waals surface area contributed by atoms with Gasteiger partial charge in [0.15, 0.2) is 11.2 Å². The lowest BCUT2D eigenvalue weighted by Gasteiger charge is -2.45. The summed E-state index contributed by atoms with van der Waals surface area (Å²) in [6.45, 7) is 3.94. The summed E-state index contributed by atoms with van der Waals surface area (Å²) >= 11 is 0. The van der Waals surface area contributed by atoms with Gasteiger partial charge in [-0.3, -0.25) is 9.47 Å². The summed E-state index contributed by atoms with van der Waals surface area (Å²) in [6.07, 6.45) is 1.62. The first kappa shape index (κ1) is 19.0. The summed E-state index contributed by atoms with van der Waals surface area (Å²) in [5, 5.41) is 17.5. The second-order valence-electron chi connectivity index (χ2n) is 7.98. The molecular formula is C23H24N4O3. The third-order valence-corrected chi connectivity index (χ3v) is 6.15. The predicted octanol–water partition coefficient (Wildman–Crippen LogP) is 2.49. The minimum atomic E-state index is -1.29. The fourth-order valence-electron chi connectivity index (χ4n) is 4.48. The average molecular weight is 404 g/mol. The lowest BCUT2D eigenvalue weighted by molar-refractivity contribution is -0.130. The lowest BCUT2D eigenvalue weighted by atomic mass is 9.93. The molecule has 2 atom stereocenters. The van der Waals surface area contributed by atoms with Gasteiger partial charge in [0.05, 0.1) is 6.04 Å². The van der Waals surface area contributed by atoms with E-state index in [1.807, 2.05) is 12.1 Å². The molecular weight excluding hydrogens is 380 g/mol. The van der Waals surface area contributed by atoms with Crippen LogP contribution >= 0.6 is 0 Å². The molecule has 0 spiro atoms. The van der Waals surface area contributed by atoms with Gasteiger partial charge < -0.3 is 14.8 Å². The maximum Gasteiger partial charge on any atom is 0.420 e. The van der Waals surface area contributed by atoms with Crippen LogP contribution in [0.1, 0.15) is 24.1 Å². The van der Waals surface area contributed by atoms with E-state index in [1.54, 1.807) is 26.2 Å². The number of nitrogens with zero attached hydrogens (tertiary/aromatic N) is 3. The Morgan fingerprint density at radius 3 is 2.90 bits per heavy atom. The molecule has 2 aromatic heterocycles. The molecule has 2 unspecified atom stereocenters. The van der Waals surface area contributed by atoms with E-state index in [2.05, 4.69) is 45.5 Å². The Kier molecular flexibility index (Phi) is 4.47. The van der Waals surface area contributed by atoms with Crippen LogP contribution in [0.25, 0.3) is 22.0 Å². The standard InChI is InChI=1S/C23H24N4O3/c1-23(29,16-12-20-21(25-13-16)26(2)22(28)30-20)27-11-10-24-14-19(27)18-9-5-7-15-6-3-4-8-17(15)18/h3-9,12-13,19,24,29H,10-11,14H2,1-2H3. The van der Waals surface area contributed by atoms with Crippen LogP contribution in [-0.2, 0) is 12.8 Å². The van der Waals surface area contributed by atoms with E-state index in [9.17, 15) is 9.90 Å². The summed E-state index contributed by atoms with van der Waals surface area (Å²) in [7, 11) is 1.62. The number of rotatable bonds is 3. The van der Waals surface area contributed by atoms with Crippen molar-refractivity contribution < 1.29 is 9.52 Å². The molecule has 0 radical (unpaired) electrons. The third kappa shape index (κ3) is 2.94. The second kappa shape index (κ2) is 7.05. The molecule has 7 heteroatoms. The Hall–Kier alpha value is -3.00. The average Bonchev–Trinajstić information content (AvgIpc) is 3.06. The molecule has 154 valence electrons. The van der Waals surface area contributed by atoms with Crippen LogP contribution in [0.3, 0.4) is 0 Å². The number of aliphatic hydroxyl groups is 1. The van der Waals surface area contributed by atoms with E-state index in [1.165, 1.54) is 20.9 Å². The SMILES string of the molecule is Cn1c(=O)oc2cc(C(C)(O)N3CCNCC3c3cccc4ccccc34)cnc21. The van der Waals surface area contributed by atoms with E-state index in [4.69, 9.17) is 4.42 Å². The number of oxazole rings is 1. The van der Waals surface area contributed by atoms with Gasteiger partial charge in [0, 0.05) is 38.4 Å². The second-order valence-corrected chi connectivity index (χ2v) is 7.98. The highest BCUT2D eigenvalue weighted by Crippen LogP contribution is 2.37. The number of aryl methyl sites for hydroxylation is 1. The maximum atomic E-state index is 11.8. The van der Waals surface area contributed by atoms with Crippen molar-refractivity contribution in [3.8, 4) is 0 Å². The Morgan fingerprint density at radius 2 is 2.03 bits per heavy atom. The van der Waals surface area contributed by atoms with Crippen LogP contribution in [-0.4, -0.2) is 39.2 Å². The van der Waals surface area contributed by atoms with E-state index in [0.717, 1.165) is 13.1 Å². The minimum absolute atomic E-state index is 0.0293. The Labute approximate surface area is 173 Å². The van der Waals surface area contributed by atoms with Crippen molar-refractivity contribution in [1.29, 1.82) is 0 Å². The zero-order valence-corrected chi connectivity index (χ0v) is 17.0. The van der Waals surface area contributed by atoms with E-state index >= 15 is 0 Å². The Bertz CT molecular complexity index is 1290. The van der Waals surface area contributed by atoms with Crippen molar-refractivity contribution in [3.05, 3.63) is 76.4 Å². The van der Waals surface area contributed by atoms with Gasteiger partial charge in [-0.05, 0) is 29.3 Å². The van der Waals surface area contributed by atoms with Crippen molar-refractivity contribution >= 4 is 22.0 Å². The molecule has 3 heterocycles. The van der Waals surface area contributed by atoms with E-state index in [0.29, 0.717) is 23.3 Å². The molecule has 4 aromatic rings. The maximum absolute atomic E-state index is 11.8. The van der Waals surface area contributed by atoms with Gasteiger partial charge in [-0.15, -0.1) is 0 Å². The van der Waals surface area contributed by atoms with Crippen LogP contribution in [0.15, 0.2) is 63.9 Å². The predicted molar refractivity (Wildman–Crippen MR) is 115 cm³/mol. The van der Waals surface area contributed by atoms with Gasteiger partial charge in [0.25, 0.3) is 0 Å². The molecule has 1 aliphatic rings. The van der Waals surface area contributed by atoms with Gasteiger partial charge in [0.1, 0.15) is 5.72 Å². The smallest absolute Gasteiger partial charge is 0.406 e. The number of hydrogen-bond acceptors (Lipinski definition) is 6. The first-order chi connectivity index (χ1) is 14.5. The first-order valence-electron chi connectivity index (χ1n) is 10.1. The summed E-state index contributed by atoms with van der Waals surface area (Å²) in [5.41, 5.74) is 1.30. The molecule has 5 rings (SSSR count). The van der Waals surface area contributed by atoms with Crippen LogP contribution in [0, 0.1) is 0 Å². The van der Waals surface area contributed by atoms with Gasteiger partial charge in [-0.1, -0.05) is 42.5 Å². The summed E-state index contributed by atoms with van der Waals surface area (Å²) < 4.78 is 6.65. The molecule has 1 aliphatic heterocycles. The fraction of sp³-hybridized carbons (Fsp3) is 0.304. The zero-order valence-electron chi connectivity index (χ0n) is 17.0. The molecule has 0 amide bonds. The highest BCUT2D eigenvalue weighted by atomic mass is 16.4. The van der Waals surface area contributed by atoms with Gasteiger partial charge in [-0.25, -0.2) is 9.78 Å². The topological polar surface area (TPSA) is 83.5 Å². The number of piperazine rings is 1. The molecule has 1 fully saturated rings. The van der Waals surface area contributed by atoms with Gasteiger partial charge >= 0.3 is 5.76 Å². The summed E-state index contributed by atoms with van der Waals surface area (Å²) in [6, 6.07) is 16.3. The Morgan fingerprint density at radius 1 is 1.23 bits per heavy atom.